The minimum atomic E-state index is -0.265. The zero-order valence-electron chi connectivity index (χ0n) is 13.1. The Morgan fingerprint density at radius 1 is 1.14 bits per heavy atom. The number of nitrogens with zero attached hydrogens (tertiary/aromatic N) is 2. The number of pyridine rings is 1. The van der Waals surface area contributed by atoms with E-state index in [9.17, 15) is 4.39 Å². The van der Waals surface area contributed by atoms with Crippen LogP contribution < -0.4 is 4.74 Å². The smallest absolute Gasteiger partial charge is 0.132 e. The highest BCUT2D eigenvalue weighted by atomic mass is 19.1. The maximum atomic E-state index is 12.9. The van der Waals surface area contributed by atoms with E-state index in [1.807, 2.05) is 12.3 Å². The topological polar surface area (TPSA) is 27.1 Å². The summed E-state index contributed by atoms with van der Waals surface area (Å²) in [5.74, 6) is 0.377. The maximum absolute atomic E-state index is 12.9. The van der Waals surface area contributed by atoms with Gasteiger partial charge in [-0.1, -0.05) is 0 Å². The van der Waals surface area contributed by atoms with Crippen molar-refractivity contribution in [3.63, 3.8) is 0 Å². The lowest BCUT2D eigenvalue weighted by atomic mass is 10.2. The molecule has 22 heavy (non-hydrogen) atoms. The molecule has 4 heteroatoms. The van der Waals surface area contributed by atoms with E-state index in [1.165, 1.54) is 28.8 Å². The third-order valence-corrected chi connectivity index (χ3v) is 4.13. The molecule has 3 aromatic rings. The summed E-state index contributed by atoms with van der Waals surface area (Å²) >= 11 is 0. The summed E-state index contributed by atoms with van der Waals surface area (Å²) in [5, 5.41) is 1.21. The van der Waals surface area contributed by atoms with E-state index in [0.717, 1.165) is 17.8 Å². The molecule has 0 aliphatic heterocycles. The van der Waals surface area contributed by atoms with Crippen molar-refractivity contribution < 1.29 is 9.13 Å². The summed E-state index contributed by atoms with van der Waals surface area (Å²) in [6.07, 6.45) is 1.82. The largest absolute Gasteiger partial charge is 0.487 e. The third-order valence-electron chi connectivity index (χ3n) is 4.13. The predicted octanol–water partition coefficient (Wildman–Crippen LogP) is 4.39. The van der Waals surface area contributed by atoms with E-state index in [2.05, 4.69) is 30.3 Å². The number of hydrogen-bond donors (Lipinski definition) is 0. The summed E-state index contributed by atoms with van der Waals surface area (Å²) in [5.41, 5.74) is 4.57. The number of halogens is 1. The van der Waals surface area contributed by atoms with Crippen LogP contribution in [0, 0.1) is 19.7 Å². The van der Waals surface area contributed by atoms with Crippen LogP contribution in [0.5, 0.6) is 5.75 Å². The van der Waals surface area contributed by atoms with Crippen molar-refractivity contribution in [3.8, 4) is 5.75 Å². The molecule has 0 amide bonds. The SMILES string of the molecule is CCn1c(C)c(C)c2ccnc(COc3ccc(F)cc3)c21. The van der Waals surface area contributed by atoms with E-state index >= 15 is 0 Å². The van der Waals surface area contributed by atoms with Crippen molar-refractivity contribution >= 4 is 10.9 Å². The van der Waals surface area contributed by atoms with Crippen molar-refractivity contribution in [2.45, 2.75) is 33.9 Å². The van der Waals surface area contributed by atoms with Gasteiger partial charge in [0.1, 0.15) is 23.9 Å². The number of aromatic nitrogens is 2. The fourth-order valence-electron chi connectivity index (χ4n) is 2.85. The summed E-state index contributed by atoms with van der Waals surface area (Å²) in [6, 6.07) is 8.10. The molecule has 0 fully saturated rings. The van der Waals surface area contributed by atoms with Crippen LogP contribution in [0.4, 0.5) is 4.39 Å². The first-order chi connectivity index (χ1) is 10.6. The lowest BCUT2D eigenvalue weighted by molar-refractivity contribution is 0.302. The molecule has 3 nitrogen and oxygen atoms in total. The van der Waals surface area contributed by atoms with Crippen LogP contribution in [0.15, 0.2) is 36.5 Å². The van der Waals surface area contributed by atoms with Gasteiger partial charge in [0.2, 0.25) is 0 Å². The standard InChI is InChI=1S/C18H19FN2O/c1-4-21-13(3)12(2)16-9-10-20-17(18(16)21)11-22-15-7-5-14(19)6-8-15/h5-10H,4,11H2,1-3H3. The first kappa shape index (κ1) is 14.6. The van der Waals surface area contributed by atoms with Gasteiger partial charge in [-0.15, -0.1) is 0 Å². The Morgan fingerprint density at radius 2 is 1.86 bits per heavy atom. The lowest BCUT2D eigenvalue weighted by Gasteiger charge is -2.10. The van der Waals surface area contributed by atoms with Gasteiger partial charge in [-0.25, -0.2) is 4.39 Å². The van der Waals surface area contributed by atoms with Crippen LogP contribution in [-0.2, 0) is 13.2 Å². The maximum Gasteiger partial charge on any atom is 0.132 e. The average Bonchev–Trinajstić information content (AvgIpc) is 2.79. The van der Waals surface area contributed by atoms with E-state index in [4.69, 9.17) is 4.74 Å². The first-order valence-corrected chi connectivity index (χ1v) is 7.43. The summed E-state index contributed by atoms with van der Waals surface area (Å²) in [6.45, 7) is 7.65. The molecule has 0 bridgehead atoms. The molecule has 0 atom stereocenters. The van der Waals surface area contributed by atoms with E-state index in [-0.39, 0.29) is 5.82 Å². The Bertz CT molecular complexity index is 806. The van der Waals surface area contributed by atoms with Crippen LogP contribution in [0.2, 0.25) is 0 Å². The molecular weight excluding hydrogens is 279 g/mol. The number of aryl methyl sites for hydroxylation is 2. The van der Waals surface area contributed by atoms with Crippen LogP contribution in [-0.4, -0.2) is 9.55 Å². The number of hydrogen-bond acceptors (Lipinski definition) is 2. The Hall–Kier alpha value is -2.36. The molecule has 0 spiro atoms. The van der Waals surface area contributed by atoms with Gasteiger partial charge in [0.15, 0.2) is 0 Å². The second kappa shape index (κ2) is 5.79. The van der Waals surface area contributed by atoms with Gasteiger partial charge in [-0.05, 0) is 56.7 Å². The average molecular weight is 298 g/mol. The minimum Gasteiger partial charge on any atom is -0.487 e. The molecule has 0 aliphatic rings. The second-order valence-corrected chi connectivity index (χ2v) is 5.35. The highest BCUT2D eigenvalue weighted by Crippen LogP contribution is 2.27. The van der Waals surface area contributed by atoms with Gasteiger partial charge in [0, 0.05) is 23.8 Å². The molecule has 0 aliphatic carbocycles. The van der Waals surface area contributed by atoms with Gasteiger partial charge in [-0.2, -0.15) is 0 Å². The van der Waals surface area contributed by atoms with Crippen LogP contribution in [0.1, 0.15) is 23.9 Å². The summed E-state index contributed by atoms with van der Waals surface area (Å²) in [7, 11) is 0. The van der Waals surface area contributed by atoms with Gasteiger partial charge >= 0.3 is 0 Å². The first-order valence-electron chi connectivity index (χ1n) is 7.43. The summed E-state index contributed by atoms with van der Waals surface area (Å²) < 4.78 is 21.0. The third kappa shape index (κ3) is 2.45. The quantitative estimate of drug-likeness (QED) is 0.714. The zero-order valence-corrected chi connectivity index (χ0v) is 13.1. The van der Waals surface area contributed by atoms with Crippen molar-refractivity contribution in [3.05, 3.63) is 59.3 Å². The number of fused-ring (bicyclic) bond motifs is 1. The number of rotatable bonds is 4. The Balaban J connectivity index is 1.97. The number of benzene rings is 1. The van der Waals surface area contributed by atoms with Crippen molar-refractivity contribution in [1.29, 1.82) is 0 Å². The van der Waals surface area contributed by atoms with Crippen LogP contribution in [0.25, 0.3) is 10.9 Å². The fourth-order valence-corrected chi connectivity index (χ4v) is 2.85. The highest BCUT2D eigenvalue weighted by Gasteiger charge is 2.14. The molecular formula is C18H19FN2O. The molecule has 2 aromatic heterocycles. The molecule has 0 N–H and O–H groups in total. The van der Waals surface area contributed by atoms with E-state index < -0.39 is 0 Å². The molecule has 114 valence electrons. The van der Waals surface area contributed by atoms with Crippen molar-refractivity contribution in [1.82, 2.24) is 9.55 Å². The Kier molecular flexibility index (Phi) is 3.84. The normalized spacial score (nSPS) is 11.1. The molecule has 1 aromatic carbocycles. The minimum absolute atomic E-state index is 0.265. The lowest BCUT2D eigenvalue weighted by Crippen LogP contribution is -2.04. The van der Waals surface area contributed by atoms with Gasteiger partial charge in [0.05, 0.1) is 5.52 Å². The molecule has 0 unspecified atom stereocenters. The second-order valence-electron chi connectivity index (χ2n) is 5.35. The molecule has 2 heterocycles. The van der Waals surface area contributed by atoms with Gasteiger partial charge in [-0.3, -0.25) is 4.98 Å². The Morgan fingerprint density at radius 3 is 2.55 bits per heavy atom. The number of ether oxygens (including phenoxy) is 1. The molecule has 0 radical (unpaired) electrons. The predicted molar refractivity (Wildman–Crippen MR) is 85.6 cm³/mol. The zero-order chi connectivity index (χ0) is 15.7. The fraction of sp³-hybridized carbons (Fsp3) is 0.278. The van der Waals surface area contributed by atoms with Crippen LogP contribution in [0.3, 0.4) is 0 Å². The Labute approximate surface area is 129 Å². The van der Waals surface area contributed by atoms with E-state index in [1.54, 1.807) is 12.1 Å². The monoisotopic (exact) mass is 298 g/mol. The van der Waals surface area contributed by atoms with Crippen molar-refractivity contribution in [2.24, 2.45) is 0 Å². The van der Waals surface area contributed by atoms with Crippen molar-refractivity contribution in [2.75, 3.05) is 0 Å². The van der Waals surface area contributed by atoms with Crippen LogP contribution >= 0.6 is 0 Å². The van der Waals surface area contributed by atoms with Gasteiger partial charge in [0.25, 0.3) is 0 Å². The highest BCUT2D eigenvalue weighted by molar-refractivity contribution is 5.86. The molecule has 0 saturated heterocycles. The summed E-state index contributed by atoms with van der Waals surface area (Å²) in [4.78, 5) is 4.48. The van der Waals surface area contributed by atoms with E-state index in [0.29, 0.717) is 12.4 Å². The molecule has 3 rings (SSSR count). The molecule has 0 saturated carbocycles. The van der Waals surface area contributed by atoms with Gasteiger partial charge < -0.3 is 9.30 Å².